The normalized spacial score (nSPS) is 27.2. The molecule has 1 fully saturated rings. The van der Waals surface area contributed by atoms with Crippen LogP contribution in [0, 0.1) is 5.92 Å². The van der Waals surface area contributed by atoms with Crippen LogP contribution < -0.4 is 5.32 Å². The molecule has 1 aliphatic carbocycles. The summed E-state index contributed by atoms with van der Waals surface area (Å²) in [5.74, 6) is 0.0747. The van der Waals surface area contributed by atoms with E-state index in [1.807, 2.05) is 0 Å². The lowest BCUT2D eigenvalue weighted by Gasteiger charge is -2.38. The third-order valence-corrected chi connectivity index (χ3v) is 4.41. The van der Waals surface area contributed by atoms with Crippen molar-refractivity contribution in [3.8, 4) is 0 Å². The van der Waals surface area contributed by atoms with Crippen LogP contribution in [0.5, 0.6) is 0 Å². The number of carbonyl (C=O) groups is 1. The Morgan fingerprint density at radius 3 is 2.42 bits per heavy atom. The summed E-state index contributed by atoms with van der Waals surface area (Å²) < 4.78 is 0. The predicted octanol–water partition coefficient (Wildman–Crippen LogP) is 2.34. The summed E-state index contributed by atoms with van der Waals surface area (Å²) in [6, 6.07) is 0.540. The first-order valence-electron chi connectivity index (χ1n) is 7.57. The summed E-state index contributed by atoms with van der Waals surface area (Å²) in [4.78, 5) is 13.7. The van der Waals surface area contributed by atoms with Crippen molar-refractivity contribution in [2.45, 2.75) is 64.5 Å². The van der Waals surface area contributed by atoms with Gasteiger partial charge in [-0.05, 0) is 58.5 Å². The minimum absolute atomic E-state index is 0.540. The molecule has 0 saturated heterocycles. The van der Waals surface area contributed by atoms with Crippen LogP contribution >= 0.6 is 0 Å². The van der Waals surface area contributed by atoms with Gasteiger partial charge in [0, 0.05) is 12.6 Å². The quantitative estimate of drug-likeness (QED) is 0.745. The maximum Gasteiger partial charge on any atom is 0.324 e. The summed E-state index contributed by atoms with van der Waals surface area (Å²) in [6.45, 7) is 7.48. The van der Waals surface area contributed by atoms with Crippen LogP contribution in [0.3, 0.4) is 0 Å². The SMILES string of the molecule is CCCNC(C)(CN(C)C1CCC(C)CC1)C(=O)O. The highest BCUT2D eigenvalue weighted by molar-refractivity contribution is 5.78. The Hall–Kier alpha value is -0.610. The molecule has 0 bridgehead atoms. The lowest BCUT2D eigenvalue weighted by molar-refractivity contribution is -0.145. The van der Waals surface area contributed by atoms with Crippen molar-refractivity contribution < 1.29 is 9.90 Å². The lowest BCUT2D eigenvalue weighted by Crippen LogP contribution is -2.58. The van der Waals surface area contributed by atoms with Crippen molar-refractivity contribution in [3.05, 3.63) is 0 Å². The van der Waals surface area contributed by atoms with Crippen molar-refractivity contribution >= 4 is 5.97 Å². The Balaban J connectivity index is 2.55. The van der Waals surface area contributed by atoms with Crippen LogP contribution in [-0.4, -0.2) is 47.7 Å². The molecule has 2 N–H and O–H groups in total. The molecule has 0 spiro atoms. The van der Waals surface area contributed by atoms with Crippen molar-refractivity contribution in [2.75, 3.05) is 20.1 Å². The first-order valence-corrected chi connectivity index (χ1v) is 7.57. The fraction of sp³-hybridized carbons (Fsp3) is 0.933. The molecule has 0 aromatic carbocycles. The van der Waals surface area contributed by atoms with Crippen molar-refractivity contribution in [1.82, 2.24) is 10.2 Å². The average molecular weight is 270 g/mol. The molecule has 0 heterocycles. The molecule has 0 aromatic rings. The standard InChI is InChI=1S/C15H30N2O2/c1-5-10-16-15(3,14(18)19)11-17(4)13-8-6-12(2)7-9-13/h12-13,16H,5-11H2,1-4H3,(H,18,19). The largest absolute Gasteiger partial charge is 0.480 e. The molecule has 0 aliphatic heterocycles. The topological polar surface area (TPSA) is 52.6 Å². The molecule has 0 aromatic heterocycles. The summed E-state index contributed by atoms with van der Waals surface area (Å²) in [5.41, 5.74) is -0.839. The molecule has 112 valence electrons. The lowest BCUT2D eigenvalue weighted by atomic mass is 9.86. The summed E-state index contributed by atoms with van der Waals surface area (Å²) in [7, 11) is 2.06. The zero-order valence-electron chi connectivity index (χ0n) is 12.9. The van der Waals surface area contributed by atoms with E-state index in [0.29, 0.717) is 12.6 Å². The van der Waals surface area contributed by atoms with Gasteiger partial charge >= 0.3 is 5.97 Å². The van der Waals surface area contributed by atoms with Crippen LogP contribution in [0.2, 0.25) is 0 Å². The molecular formula is C15H30N2O2. The van der Waals surface area contributed by atoms with E-state index in [2.05, 4.69) is 31.1 Å². The van der Waals surface area contributed by atoms with Crippen molar-refractivity contribution in [1.29, 1.82) is 0 Å². The highest BCUT2D eigenvalue weighted by atomic mass is 16.4. The van der Waals surface area contributed by atoms with E-state index in [1.165, 1.54) is 25.7 Å². The van der Waals surface area contributed by atoms with Gasteiger partial charge in [0.05, 0.1) is 0 Å². The monoisotopic (exact) mass is 270 g/mol. The molecule has 4 nitrogen and oxygen atoms in total. The van der Waals surface area contributed by atoms with Gasteiger partial charge in [0.15, 0.2) is 0 Å². The first kappa shape index (κ1) is 16.4. The smallest absolute Gasteiger partial charge is 0.324 e. The Morgan fingerprint density at radius 1 is 1.37 bits per heavy atom. The number of nitrogens with zero attached hydrogens (tertiary/aromatic N) is 1. The molecule has 4 heteroatoms. The first-order chi connectivity index (χ1) is 8.89. The number of hydrogen-bond donors (Lipinski definition) is 2. The van der Waals surface area contributed by atoms with Gasteiger partial charge in [-0.25, -0.2) is 0 Å². The second-order valence-corrected chi connectivity index (χ2v) is 6.39. The van der Waals surface area contributed by atoms with Crippen LogP contribution in [-0.2, 0) is 4.79 Å². The zero-order chi connectivity index (χ0) is 14.5. The van der Waals surface area contributed by atoms with Gasteiger partial charge in [-0.2, -0.15) is 0 Å². The Labute approximate surface area is 117 Å². The molecule has 19 heavy (non-hydrogen) atoms. The predicted molar refractivity (Wildman–Crippen MR) is 78.4 cm³/mol. The minimum atomic E-state index is -0.839. The van der Waals surface area contributed by atoms with Crippen LogP contribution in [0.1, 0.15) is 52.9 Å². The second kappa shape index (κ2) is 7.25. The van der Waals surface area contributed by atoms with E-state index < -0.39 is 11.5 Å². The van der Waals surface area contributed by atoms with Crippen LogP contribution in [0.4, 0.5) is 0 Å². The zero-order valence-corrected chi connectivity index (χ0v) is 12.9. The van der Waals surface area contributed by atoms with Gasteiger partial charge in [0.2, 0.25) is 0 Å². The highest BCUT2D eigenvalue weighted by Gasteiger charge is 2.35. The van der Waals surface area contributed by atoms with Gasteiger partial charge in [-0.3, -0.25) is 4.79 Å². The fourth-order valence-electron chi connectivity index (χ4n) is 2.91. The Bertz CT molecular complexity index is 288. The molecular weight excluding hydrogens is 240 g/mol. The van der Waals surface area contributed by atoms with Gasteiger partial charge in [-0.15, -0.1) is 0 Å². The second-order valence-electron chi connectivity index (χ2n) is 6.39. The maximum atomic E-state index is 11.5. The number of carboxylic acids is 1. The van der Waals surface area contributed by atoms with E-state index in [-0.39, 0.29) is 0 Å². The van der Waals surface area contributed by atoms with Crippen LogP contribution in [0.25, 0.3) is 0 Å². The highest BCUT2D eigenvalue weighted by Crippen LogP contribution is 2.27. The molecule has 1 aliphatic rings. The number of likely N-dealkylation sites (N-methyl/N-ethyl adjacent to an activating group) is 1. The molecule has 1 atom stereocenters. The Morgan fingerprint density at radius 2 is 1.95 bits per heavy atom. The third-order valence-electron chi connectivity index (χ3n) is 4.41. The third kappa shape index (κ3) is 4.77. The number of carboxylic acid groups (broad SMARTS) is 1. The Kier molecular flexibility index (Phi) is 6.27. The fourth-order valence-corrected chi connectivity index (χ4v) is 2.91. The minimum Gasteiger partial charge on any atom is -0.480 e. The maximum absolute atomic E-state index is 11.5. The molecule has 0 amide bonds. The molecule has 1 rings (SSSR count). The van der Waals surface area contributed by atoms with Crippen LogP contribution in [0.15, 0.2) is 0 Å². The molecule has 1 unspecified atom stereocenters. The number of rotatable bonds is 7. The summed E-state index contributed by atoms with van der Waals surface area (Å²) in [6.07, 6.45) is 5.87. The van der Waals surface area contributed by atoms with Gasteiger partial charge in [0.1, 0.15) is 5.54 Å². The van der Waals surface area contributed by atoms with E-state index in [1.54, 1.807) is 6.92 Å². The van der Waals surface area contributed by atoms with Crippen molar-refractivity contribution in [3.63, 3.8) is 0 Å². The number of aliphatic carboxylic acids is 1. The average Bonchev–Trinajstić information content (AvgIpc) is 2.36. The summed E-state index contributed by atoms with van der Waals surface area (Å²) >= 11 is 0. The molecule has 0 radical (unpaired) electrons. The van der Waals surface area contributed by atoms with E-state index >= 15 is 0 Å². The van der Waals surface area contributed by atoms with E-state index in [9.17, 15) is 9.90 Å². The number of nitrogens with one attached hydrogen (secondary N) is 1. The molecule has 1 saturated carbocycles. The van der Waals surface area contributed by atoms with Crippen molar-refractivity contribution in [2.24, 2.45) is 5.92 Å². The van der Waals surface area contributed by atoms with Gasteiger partial charge < -0.3 is 15.3 Å². The number of hydrogen-bond acceptors (Lipinski definition) is 3. The van der Waals surface area contributed by atoms with E-state index in [4.69, 9.17) is 0 Å². The van der Waals surface area contributed by atoms with Gasteiger partial charge in [0.25, 0.3) is 0 Å². The van der Waals surface area contributed by atoms with E-state index in [0.717, 1.165) is 18.9 Å². The van der Waals surface area contributed by atoms with Gasteiger partial charge in [-0.1, -0.05) is 13.8 Å². The summed E-state index contributed by atoms with van der Waals surface area (Å²) in [5, 5.41) is 12.6.